The van der Waals surface area contributed by atoms with Crippen molar-refractivity contribution in [2.45, 2.75) is 44.6 Å². The third-order valence-corrected chi connectivity index (χ3v) is 6.54. The molecule has 26 heavy (non-hydrogen) atoms. The average molecular weight is 396 g/mol. The van der Waals surface area contributed by atoms with E-state index in [9.17, 15) is 4.79 Å². The van der Waals surface area contributed by atoms with Crippen molar-refractivity contribution >= 4 is 40.5 Å². The summed E-state index contributed by atoms with van der Waals surface area (Å²) in [7, 11) is 0. The van der Waals surface area contributed by atoms with E-state index in [2.05, 4.69) is 10.2 Å². The van der Waals surface area contributed by atoms with Crippen LogP contribution in [0.5, 0.6) is 0 Å². The number of nitrogens with zero attached hydrogens (tertiary/aromatic N) is 1. The van der Waals surface area contributed by atoms with E-state index in [0.29, 0.717) is 10.1 Å². The molecule has 0 bridgehead atoms. The number of piperidine rings is 2. The van der Waals surface area contributed by atoms with E-state index in [-0.39, 0.29) is 5.91 Å². The van der Waals surface area contributed by atoms with Crippen molar-refractivity contribution in [3.63, 3.8) is 0 Å². The number of carbonyl (C=O) groups excluding carboxylic acids is 1. The summed E-state index contributed by atoms with van der Waals surface area (Å²) in [6.07, 6.45) is 5.16. The Balaban J connectivity index is 1.64. The Labute approximate surface area is 165 Å². The van der Waals surface area contributed by atoms with Crippen molar-refractivity contribution in [1.29, 1.82) is 0 Å². The molecule has 0 aliphatic carbocycles. The largest absolute Gasteiger partial charge is 0.364 e. The second-order valence-corrected chi connectivity index (χ2v) is 8.31. The molecule has 7 heteroatoms. The van der Waals surface area contributed by atoms with Crippen LogP contribution in [0.4, 0.5) is 5.69 Å². The number of hydrogen-bond donors (Lipinski definition) is 3. The third-order valence-electron chi connectivity index (χ3n) is 5.94. The van der Waals surface area contributed by atoms with E-state index in [0.717, 1.165) is 50.3 Å². The molecule has 0 saturated carbocycles. The zero-order valence-corrected chi connectivity index (χ0v) is 16.9. The van der Waals surface area contributed by atoms with Gasteiger partial charge in [-0.15, -0.1) is 0 Å². The molecule has 2 fully saturated rings. The summed E-state index contributed by atoms with van der Waals surface area (Å²) in [5.74, 6) is -0.151. The highest BCUT2D eigenvalue weighted by Gasteiger charge is 2.49. The maximum atomic E-state index is 12.3. The highest BCUT2D eigenvalue weighted by atomic mass is 35.5. The summed E-state index contributed by atoms with van der Waals surface area (Å²) in [5, 5.41) is 4.73. The van der Waals surface area contributed by atoms with E-state index in [1.54, 1.807) is 0 Å². The van der Waals surface area contributed by atoms with Gasteiger partial charge >= 0.3 is 0 Å². The molecule has 2 saturated heterocycles. The highest BCUT2D eigenvalue weighted by Crippen LogP contribution is 2.23. The van der Waals surface area contributed by atoms with Gasteiger partial charge in [0.05, 0.1) is 13.1 Å². The first kappa shape index (κ1) is 19.4. The molecule has 2 aliphatic heterocycles. The van der Waals surface area contributed by atoms with E-state index in [4.69, 9.17) is 29.6 Å². The number of thiocarbonyl (C=S) groups is 1. The fourth-order valence-corrected chi connectivity index (χ4v) is 4.80. The van der Waals surface area contributed by atoms with Crippen molar-refractivity contribution in [2.75, 3.05) is 31.5 Å². The molecule has 5 nitrogen and oxygen atoms in total. The molecule has 0 spiro atoms. The Morgan fingerprint density at radius 3 is 2.50 bits per heavy atom. The number of aryl methyl sites for hydroxylation is 1. The first-order valence-electron chi connectivity index (χ1n) is 9.39. The van der Waals surface area contributed by atoms with Gasteiger partial charge in [-0.25, -0.2) is 0 Å². The van der Waals surface area contributed by atoms with Gasteiger partial charge in [0, 0.05) is 36.6 Å². The summed E-state index contributed by atoms with van der Waals surface area (Å²) in [6, 6.07) is 5.72. The number of rotatable bonds is 3. The van der Waals surface area contributed by atoms with Gasteiger partial charge in [-0.05, 0) is 62.2 Å². The Bertz CT molecular complexity index is 682. The molecular weight excluding hydrogens is 368 g/mol. The minimum absolute atomic E-state index is 0.151. The molecule has 1 amide bonds. The number of hydrogen-bond acceptors (Lipinski definition) is 2. The van der Waals surface area contributed by atoms with Crippen LogP contribution in [0.25, 0.3) is 0 Å². The summed E-state index contributed by atoms with van der Waals surface area (Å²) in [5.41, 5.74) is 7.47. The van der Waals surface area contributed by atoms with Gasteiger partial charge in [0.2, 0.25) is 0 Å². The SMILES string of the molecule is Cc1cc(Cl)ccc1NC(=S)N1CCC(C(N)=O)([NH+]2CCCCC2)CC1. The lowest BCUT2D eigenvalue weighted by Gasteiger charge is -2.45. The molecule has 0 radical (unpaired) electrons. The molecule has 0 aromatic heterocycles. The zero-order chi connectivity index (χ0) is 18.7. The lowest BCUT2D eigenvalue weighted by atomic mass is 9.83. The first-order valence-corrected chi connectivity index (χ1v) is 10.2. The quantitative estimate of drug-likeness (QED) is 0.682. The maximum absolute atomic E-state index is 12.3. The van der Waals surface area contributed by atoms with Crippen molar-refractivity contribution < 1.29 is 9.69 Å². The number of carbonyl (C=O) groups is 1. The van der Waals surface area contributed by atoms with E-state index in [1.165, 1.54) is 24.2 Å². The lowest BCUT2D eigenvalue weighted by molar-refractivity contribution is -0.948. The van der Waals surface area contributed by atoms with Gasteiger partial charge < -0.3 is 20.9 Å². The van der Waals surface area contributed by atoms with E-state index in [1.807, 2.05) is 25.1 Å². The van der Waals surface area contributed by atoms with Gasteiger partial charge in [0.15, 0.2) is 10.7 Å². The van der Waals surface area contributed by atoms with Crippen molar-refractivity contribution in [2.24, 2.45) is 5.73 Å². The number of likely N-dealkylation sites (tertiary alicyclic amines) is 2. The van der Waals surface area contributed by atoms with Gasteiger partial charge in [0.25, 0.3) is 5.91 Å². The maximum Gasteiger partial charge on any atom is 0.278 e. The molecule has 1 aromatic carbocycles. The zero-order valence-electron chi connectivity index (χ0n) is 15.3. The highest BCUT2D eigenvalue weighted by molar-refractivity contribution is 7.80. The molecule has 0 atom stereocenters. The second-order valence-electron chi connectivity index (χ2n) is 7.49. The third kappa shape index (κ3) is 3.97. The number of amides is 1. The van der Waals surface area contributed by atoms with E-state index >= 15 is 0 Å². The predicted octanol–water partition coefficient (Wildman–Crippen LogP) is 1.73. The monoisotopic (exact) mass is 395 g/mol. The standard InChI is InChI=1S/C19H27ClN4OS/c1-14-13-15(20)5-6-16(14)22-18(26)23-11-7-19(8-12-23,17(21)25)24-9-3-2-4-10-24/h5-6,13H,2-4,7-12H2,1H3,(H2,21,25)(H,22,26)/p+1. The van der Waals surface area contributed by atoms with Crippen LogP contribution >= 0.6 is 23.8 Å². The van der Waals surface area contributed by atoms with Gasteiger partial charge in [-0.3, -0.25) is 4.79 Å². The Kier molecular flexibility index (Phi) is 6.05. The van der Waals surface area contributed by atoms with Crippen LogP contribution in [0.3, 0.4) is 0 Å². The minimum Gasteiger partial charge on any atom is -0.364 e. The Morgan fingerprint density at radius 1 is 1.27 bits per heavy atom. The Hall–Kier alpha value is -1.37. The molecule has 0 unspecified atom stereocenters. The van der Waals surface area contributed by atoms with Crippen molar-refractivity contribution in [3.8, 4) is 0 Å². The van der Waals surface area contributed by atoms with Crippen molar-refractivity contribution in [1.82, 2.24) is 4.90 Å². The fraction of sp³-hybridized carbons (Fsp3) is 0.579. The number of benzene rings is 1. The topological polar surface area (TPSA) is 62.8 Å². The normalized spacial score (nSPS) is 20.6. The number of nitrogens with two attached hydrogens (primary N) is 1. The second kappa shape index (κ2) is 8.11. The molecule has 1 aromatic rings. The number of halogens is 1. The van der Waals surface area contributed by atoms with Crippen LogP contribution in [0.2, 0.25) is 5.02 Å². The average Bonchev–Trinajstić information content (AvgIpc) is 2.64. The van der Waals surface area contributed by atoms with E-state index < -0.39 is 5.54 Å². The smallest absolute Gasteiger partial charge is 0.278 e. The molecule has 2 heterocycles. The number of anilines is 1. The van der Waals surface area contributed by atoms with Crippen LogP contribution in [-0.2, 0) is 4.79 Å². The number of nitrogens with one attached hydrogen (secondary N) is 2. The minimum atomic E-state index is -0.428. The fourth-order valence-electron chi connectivity index (χ4n) is 4.28. The number of primary amides is 1. The summed E-state index contributed by atoms with van der Waals surface area (Å²) < 4.78 is 0. The first-order chi connectivity index (χ1) is 12.4. The van der Waals surface area contributed by atoms with Crippen LogP contribution in [0.1, 0.15) is 37.7 Å². The van der Waals surface area contributed by atoms with Gasteiger partial charge in [-0.1, -0.05) is 11.6 Å². The summed E-state index contributed by atoms with van der Waals surface area (Å²) >= 11 is 11.6. The van der Waals surface area contributed by atoms with Crippen LogP contribution < -0.4 is 16.0 Å². The van der Waals surface area contributed by atoms with Crippen molar-refractivity contribution in [3.05, 3.63) is 28.8 Å². The molecule has 4 N–H and O–H groups in total. The molecule has 142 valence electrons. The van der Waals surface area contributed by atoms with Gasteiger partial charge in [0.1, 0.15) is 0 Å². The van der Waals surface area contributed by atoms with Crippen LogP contribution in [0, 0.1) is 6.92 Å². The van der Waals surface area contributed by atoms with Crippen LogP contribution in [-0.4, -0.2) is 47.6 Å². The lowest BCUT2D eigenvalue weighted by Crippen LogP contribution is -3.22. The summed E-state index contributed by atoms with van der Waals surface area (Å²) in [6.45, 7) is 5.62. The van der Waals surface area contributed by atoms with Crippen LogP contribution in [0.15, 0.2) is 18.2 Å². The Morgan fingerprint density at radius 2 is 1.92 bits per heavy atom. The molecule has 3 rings (SSSR count). The number of quaternary nitrogens is 1. The van der Waals surface area contributed by atoms with Gasteiger partial charge in [-0.2, -0.15) is 0 Å². The predicted molar refractivity (Wildman–Crippen MR) is 110 cm³/mol. The summed E-state index contributed by atoms with van der Waals surface area (Å²) in [4.78, 5) is 15.9. The molecule has 2 aliphatic rings. The molecular formula is C19H28ClN4OS+.